The van der Waals surface area contributed by atoms with Crippen molar-refractivity contribution in [3.05, 3.63) is 41.5 Å². The molecule has 3 aliphatic rings. The summed E-state index contributed by atoms with van der Waals surface area (Å²) < 4.78 is 29.9. The van der Waals surface area contributed by atoms with Crippen LogP contribution in [0, 0.1) is 5.92 Å². The molecular formula is C24H34O5. The molecule has 1 aromatic rings. The Balaban J connectivity index is 1.45. The van der Waals surface area contributed by atoms with Crippen LogP contribution in [0.2, 0.25) is 0 Å². The minimum Gasteiger partial charge on any atom is -0.497 e. The molecule has 0 aromatic heterocycles. The summed E-state index contributed by atoms with van der Waals surface area (Å²) in [7, 11) is 3.47. The first-order chi connectivity index (χ1) is 13.9. The average Bonchev–Trinajstić information content (AvgIpc) is 3.63. The van der Waals surface area contributed by atoms with Crippen molar-refractivity contribution in [1.29, 1.82) is 0 Å². The predicted octanol–water partition coefficient (Wildman–Crippen LogP) is 4.29. The van der Waals surface area contributed by atoms with Crippen molar-refractivity contribution in [2.75, 3.05) is 20.8 Å². The second-order valence-corrected chi connectivity index (χ2v) is 9.08. The second-order valence-electron chi connectivity index (χ2n) is 9.08. The van der Waals surface area contributed by atoms with E-state index in [1.165, 1.54) is 5.57 Å². The summed E-state index contributed by atoms with van der Waals surface area (Å²) >= 11 is 0. The van der Waals surface area contributed by atoms with E-state index in [4.69, 9.17) is 23.7 Å². The Morgan fingerprint density at radius 1 is 1.21 bits per heavy atom. The van der Waals surface area contributed by atoms with Gasteiger partial charge in [-0.05, 0) is 57.7 Å². The van der Waals surface area contributed by atoms with Gasteiger partial charge in [-0.1, -0.05) is 23.8 Å². The van der Waals surface area contributed by atoms with Crippen LogP contribution in [0.25, 0.3) is 0 Å². The van der Waals surface area contributed by atoms with Gasteiger partial charge < -0.3 is 23.7 Å². The van der Waals surface area contributed by atoms with E-state index in [1.807, 2.05) is 24.3 Å². The first-order valence-electron chi connectivity index (χ1n) is 10.6. The average molecular weight is 403 g/mol. The molecule has 0 N–H and O–H groups in total. The van der Waals surface area contributed by atoms with Crippen molar-refractivity contribution >= 4 is 0 Å². The third kappa shape index (κ3) is 4.11. The molecule has 5 heteroatoms. The van der Waals surface area contributed by atoms with Crippen LogP contribution in [0.1, 0.15) is 45.6 Å². The Morgan fingerprint density at radius 3 is 2.52 bits per heavy atom. The number of methoxy groups -OCH3 is 2. The summed E-state index contributed by atoms with van der Waals surface area (Å²) in [6.45, 7) is 7.85. The topological polar surface area (TPSA) is 52.8 Å². The number of rotatable bonds is 8. The molecule has 0 unspecified atom stereocenters. The lowest BCUT2D eigenvalue weighted by Gasteiger charge is -2.43. The molecule has 29 heavy (non-hydrogen) atoms. The lowest BCUT2D eigenvalue weighted by Crippen LogP contribution is -2.55. The number of hydrogen-bond donors (Lipinski definition) is 0. The Morgan fingerprint density at radius 2 is 1.93 bits per heavy atom. The van der Waals surface area contributed by atoms with Gasteiger partial charge >= 0.3 is 0 Å². The van der Waals surface area contributed by atoms with Crippen LogP contribution in [0.15, 0.2) is 35.9 Å². The fourth-order valence-corrected chi connectivity index (χ4v) is 5.05. The number of benzene rings is 1. The number of ether oxygens (including phenoxy) is 5. The molecule has 1 aliphatic carbocycles. The van der Waals surface area contributed by atoms with E-state index in [0.717, 1.165) is 37.2 Å². The van der Waals surface area contributed by atoms with Crippen LogP contribution >= 0.6 is 0 Å². The van der Waals surface area contributed by atoms with Crippen LogP contribution in [0.3, 0.4) is 0 Å². The highest BCUT2D eigenvalue weighted by Gasteiger charge is 2.71. The van der Waals surface area contributed by atoms with E-state index in [-0.39, 0.29) is 35.4 Å². The molecule has 6 atom stereocenters. The molecule has 1 saturated carbocycles. The van der Waals surface area contributed by atoms with Crippen molar-refractivity contribution < 1.29 is 23.7 Å². The van der Waals surface area contributed by atoms with Crippen molar-refractivity contribution in [3.63, 3.8) is 0 Å². The van der Waals surface area contributed by atoms with E-state index in [9.17, 15) is 0 Å². The number of hydrogen-bond acceptors (Lipinski definition) is 5. The zero-order valence-electron chi connectivity index (χ0n) is 18.3. The highest BCUT2D eigenvalue weighted by atomic mass is 16.6. The van der Waals surface area contributed by atoms with Crippen LogP contribution in [0.4, 0.5) is 0 Å². The number of allylic oxidation sites excluding steroid dienone is 1. The second kappa shape index (κ2) is 8.03. The lowest BCUT2D eigenvalue weighted by atomic mass is 9.68. The van der Waals surface area contributed by atoms with E-state index < -0.39 is 0 Å². The van der Waals surface area contributed by atoms with Gasteiger partial charge in [-0.25, -0.2) is 0 Å². The molecule has 160 valence electrons. The molecule has 2 saturated heterocycles. The molecular weight excluding hydrogens is 368 g/mol. The molecule has 2 heterocycles. The van der Waals surface area contributed by atoms with Gasteiger partial charge in [-0.2, -0.15) is 0 Å². The van der Waals surface area contributed by atoms with Crippen molar-refractivity contribution in [3.8, 4) is 5.75 Å². The predicted molar refractivity (Wildman–Crippen MR) is 111 cm³/mol. The summed E-state index contributed by atoms with van der Waals surface area (Å²) in [5.41, 5.74) is 2.14. The van der Waals surface area contributed by atoms with E-state index in [0.29, 0.717) is 6.61 Å². The van der Waals surface area contributed by atoms with E-state index in [1.54, 1.807) is 14.2 Å². The normalized spacial score (nSPS) is 38.0. The third-order valence-electron chi connectivity index (χ3n) is 6.86. The van der Waals surface area contributed by atoms with Crippen LogP contribution in [0.5, 0.6) is 5.75 Å². The molecule has 1 spiro atoms. The Hall–Kier alpha value is -1.40. The van der Waals surface area contributed by atoms with Gasteiger partial charge in [0.25, 0.3) is 0 Å². The first-order valence-corrected chi connectivity index (χ1v) is 10.6. The van der Waals surface area contributed by atoms with E-state index >= 15 is 0 Å². The maximum atomic E-state index is 6.36. The molecule has 2 aliphatic heterocycles. The van der Waals surface area contributed by atoms with Crippen LogP contribution in [-0.4, -0.2) is 50.3 Å². The Kier molecular flexibility index (Phi) is 5.77. The Bertz CT molecular complexity index is 734. The maximum Gasteiger partial charge on any atom is 0.118 e. The van der Waals surface area contributed by atoms with Gasteiger partial charge in [0, 0.05) is 7.11 Å². The molecule has 0 bridgehead atoms. The zero-order chi connectivity index (χ0) is 20.6. The quantitative estimate of drug-likeness (QED) is 0.480. The molecule has 5 nitrogen and oxygen atoms in total. The van der Waals surface area contributed by atoms with E-state index in [2.05, 4.69) is 26.8 Å². The van der Waals surface area contributed by atoms with Gasteiger partial charge in [0.2, 0.25) is 0 Å². The zero-order valence-corrected chi connectivity index (χ0v) is 18.3. The molecule has 0 amide bonds. The minimum absolute atomic E-state index is 0.0343. The third-order valence-corrected chi connectivity index (χ3v) is 6.86. The fourth-order valence-electron chi connectivity index (χ4n) is 5.05. The number of epoxide rings is 2. The molecule has 4 rings (SSSR count). The van der Waals surface area contributed by atoms with Crippen molar-refractivity contribution in [2.45, 2.75) is 76.2 Å². The SMILES string of the molecule is COc1ccc(CO[C@@H]2CC[C@]3(CO3)[C@@H]([C@@]3(C)O[C@@H]3CC=C(C)C)[C@@H]2OC)cc1. The highest BCUT2D eigenvalue weighted by molar-refractivity contribution is 5.27. The molecule has 1 aromatic carbocycles. The van der Waals surface area contributed by atoms with Gasteiger partial charge in [-0.15, -0.1) is 0 Å². The van der Waals surface area contributed by atoms with Gasteiger partial charge in [0.15, 0.2) is 0 Å². The van der Waals surface area contributed by atoms with Crippen LogP contribution in [-0.2, 0) is 25.6 Å². The summed E-state index contributed by atoms with van der Waals surface area (Å²) in [5, 5.41) is 0. The van der Waals surface area contributed by atoms with Crippen molar-refractivity contribution in [1.82, 2.24) is 0 Å². The smallest absolute Gasteiger partial charge is 0.118 e. The largest absolute Gasteiger partial charge is 0.497 e. The highest BCUT2D eigenvalue weighted by Crippen LogP contribution is 2.59. The first kappa shape index (κ1) is 20.9. The van der Waals surface area contributed by atoms with Crippen molar-refractivity contribution in [2.24, 2.45) is 5.92 Å². The summed E-state index contributed by atoms with van der Waals surface area (Å²) in [5.74, 6) is 1.04. The van der Waals surface area contributed by atoms with Gasteiger partial charge in [-0.3, -0.25) is 0 Å². The fraction of sp³-hybridized carbons (Fsp3) is 0.667. The summed E-state index contributed by atoms with van der Waals surface area (Å²) in [4.78, 5) is 0. The van der Waals surface area contributed by atoms with Gasteiger partial charge in [0.1, 0.15) is 11.4 Å². The summed E-state index contributed by atoms with van der Waals surface area (Å²) in [6, 6.07) is 8.03. The van der Waals surface area contributed by atoms with Gasteiger partial charge in [0.05, 0.1) is 50.2 Å². The lowest BCUT2D eigenvalue weighted by molar-refractivity contribution is -0.143. The minimum atomic E-state index is -0.217. The molecule has 0 radical (unpaired) electrons. The maximum absolute atomic E-state index is 6.36. The molecule has 3 fully saturated rings. The summed E-state index contributed by atoms with van der Waals surface area (Å²) in [6.07, 6.45) is 5.37. The Labute approximate surface area is 174 Å². The monoisotopic (exact) mass is 402 g/mol. The van der Waals surface area contributed by atoms with Crippen LogP contribution < -0.4 is 4.74 Å². The standard InChI is InChI=1S/C24H34O5/c1-16(2)6-11-20-23(3,29-20)22-21(26-5)19(12-13-24(22)15-28-24)27-14-17-7-9-18(25-4)10-8-17/h6-10,19-22H,11-15H2,1-5H3/t19-,20-,21-,22-,23+,24+/m1/s1.